The molecule has 4 heterocycles. The van der Waals surface area contributed by atoms with Crippen molar-refractivity contribution >= 4 is 39.3 Å². The monoisotopic (exact) mass is 567 g/mol. The number of carbonyl (C=O) groups excluding carboxylic acids is 2. The number of halogens is 1. The number of thiazole rings is 1. The number of ketones is 2. The third-order valence-corrected chi connectivity index (χ3v) is 8.09. The zero-order valence-electron chi connectivity index (χ0n) is 21.5. The molecular formula is C29H26ClNO7S. The Kier molecular flexibility index (Phi) is 6.83. The van der Waals surface area contributed by atoms with Crippen LogP contribution in [0.5, 0.6) is 5.75 Å². The minimum atomic E-state index is -0.937. The highest BCUT2D eigenvalue weighted by atomic mass is 35.5. The van der Waals surface area contributed by atoms with Crippen LogP contribution in [0.15, 0.2) is 66.9 Å². The average molecular weight is 568 g/mol. The largest absolute Gasteiger partial charge is 0.497 e. The van der Waals surface area contributed by atoms with Crippen LogP contribution in [0.4, 0.5) is 0 Å². The van der Waals surface area contributed by atoms with Crippen LogP contribution in [-0.4, -0.2) is 53.5 Å². The van der Waals surface area contributed by atoms with E-state index < -0.39 is 30.4 Å². The van der Waals surface area contributed by atoms with Crippen molar-refractivity contribution in [2.45, 2.75) is 50.8 Å². The maximum absolute atomic E-state index is 13.8. The molecule has 0 radical (unpaired) electrons. The molecule has 2 aliphatic heterocycles. The minimum absolute atomic E-state index is 0.167. The van der Waals surface area contributed by atoms with E-state index in [9.17, 15) is 9.59 Å². The number of nitrogens with zero attached hydrogens (tertiary/aromatic N) is 1. The van der Waals surface area contributed by atoms with Gasteiger partial charge in [-0.2, -0.15) is 0 Å². The molecule has 0 bridgehead atoms. The standard InChI is InChI=1S/C29H26ClNO7S/c1-29(2)37-27-26(35-15-16-4-10-19(34-3)11-5-16)25(36-28(27)38-29)24(33)21-14-31-20(12-13-22(31)39-21)23(32)17-6-8-18(30)9-7-17/h4-14,25-28H,15H2,1-3H3/t25-,26+,27-,28-/m1/s1. The molecule has 6 rings (SSSR count). The Labute approximate surface area is 234 Å². The molecule has 2 fully saturated rings. The Morgan fingerprint density at radius 2 is 1.77 bits per heavy atom. The van der Waals surface area contributed by atoms with E-state index in [0.29, 0.717) is 21.2 Å². The fraction of sp³-hybridized carbons (Fsp3) is 0.310. The van der Waals surface area contributed by atoms with E-state index in [4.69, 9.17) is 35.3 Å². The van der Waals surface area contributed by atoms with Gasteiger partial charge in [-0.15, -0.1) is 11.3 Å². The summed E-state index contributed by atoms with van der Waals surface area (Å²) in [6, 6.07) is 17.8. The molecule has 2 aliphatic rings. The molecule has 0 amide bonds. The van der Waals surface area contributed by atoms with Crippen molar-refractivity contribution < 1.29 is 33.3 Å². The highest BCUT2D eigenvalue weighted by Crippen LogP contribution is 2.40. The topological polar surface area (TPSA) is 84.7 Å². The van der Waals surface area contributed by atoms with Gasteiger partial charge in [0.25, 0.3) is 0 Å². The number of ether oxygens (including phenoxy) is 5. The first-order valence-electron chi connectivity index (χ1n) is 12.4. The van der Waals surface area contributed by atoms with Crippen molar-refractivity contribution in [2.75, 3.05) is 7.11 Å². The molecule has 0 spiro atoms. The van der Waals surface area contributed by atoms with Gasteiger partial charge >= 0.3 is 0 Å². The lowest BCUT2D eigenvalue weighted by Gasteiger charge is -2.25. The van der Waals surface area contributed by atoms with Crippen LogP contribution in [0, 0.1) is 0 Å². The molecule has 10 heteroatoms. The number of hydrogen-bond donors (Lipinski definition) is 0. The molecule has 4 atom stereocenters. The molecule has 0 unspecified atom stereocenters. The summed E-state index contributed by atoms with van der Waals surface area (Å²) in [5.74, 6) is -0.539. The van der Waals surface area contributed by atoms with Gasteiger partial charge in [0.2, 0.25) is 11.6 Å². The van der Waals surface area contributed by atoms with Gasteiger partial charge < -0.3 is 28.1 Å². The lowest BCUT2D eigenvalue weighted by Crippen LogP contribution is -2.40. The van der Waals surface area contributed by atoms with E-state index in [2.05, 4.69) is 0 Å². The first kappa shape index (κ1) is 26.2. The SMILES string of the molecule is COc1ccc(CO[C@@H]2[C@H]3OC(C)(C)O[C@H]3O[C@@H]2C(=O)c2cn3c(C(=O)c4ccc(Cl)cc4)ccc3s2)cc1. The zero-order valence-corrected chi connectivity index (χ0v) is 23.0. The number of hydrogen-bond acceptors (Lipinski definition) is 8. The summed E-state index contributed by atoms with van der Waals surface area (Å²) >= 11 is 7.26. The van der Waals surface area contributed by atoms with Crippen molar-refractivity contribution in [3.63, 3.8) is 0 Å². The lowest BCUT2D eigenvalue weighted by molar-refractivity contribution is -0.212. The van der Waals surface area contributed by atoms with Crippen molar-refractivity contribution in [2.24, 2.45) is 0 Å². The van der Waals surface area contributed by atoms with Crippen LogP contribution in [0.1, 0.15) is 45.1 Å². The van der Waals surface area contributed by atoms with Gasteiger partial charge in [0, 0.05) is 16.8 Å². The van der Waals surface area contributed by atoms with Crippen molar-refractivity contribution in [3.8, 4) is 5.75 Å². The first-order chi connectivity index (χ1) is 18.7. The van der Waals surface area contributed by atoms with E-state index in [-0.39, 0.29) is 18.2 Å². The van der Waals surface area contributed by atoms with Gasteiger partial charge in [-0.05, 0) is 67.9 Å². The fourth-order valence-electron chi connectivity index (χ4n) is 4.88. The Hall–Kier alpha value is -3.05. The normalized spacial score (nSPS) is 23.7. The minimum Gasteiger partial charge on any atom is -0.497 e. The van der Waals surface area contributed by atoms with Crippen LogP contribution in [0.2, 0.25) is 5.02 Å². The Morgan fingerprint density at radius 1 is 1.03 bits per heavy atom. The number of aromatic nitrogens is 1. The summed E-state index contributed by atoms with van der Waals surface area (Å²) in [5.41, 5.74) is 1.88. The maximum Gasteiger partial charge on any atom is 0.209 e. The van der Waals surface area contributed by atoms with E-state index in [1.165, 1.54) is 11.3 Å². The summed E-state index contributed by atoms with van der Waals surface area (Å²) in [7, 11) is 1.61. The van der Waals surface area contributed by atoms with Crippen LogP contribution >= 0.6 is 22.9 Å². The van der Waals surface area contributed by atoms with Gasteiger partial charge in [-0.1, -0.05) is 23.7 Å². The lowest BCUT2D eigenvalue weighted by atomic mass is 10.1. The van der Waals surface area contributed by atoms with Gasteiger partial charge in [-0.3, -0.25) is 9.59 Å². The summed E-state index contributed by atoms with van der Waals surface area (Å²) in [6.45, 7) is 3.85. The highest BCUT2D eigenvalue weighted by Gasteiger charge is 2.57. The maximum atomic E-state index is 13.8. The molecule has 202 valence electrons. The van der Waals surface area contributed by atoms with Crippen LogP contribution in [-0.2, 0) is 25.6 Å². The Bertz CT molecular complexity index is 1530. The van der Waals surface area contributed by atoms with Crippen LogP contribution in [0.25, 0.3) is 4.83 Å². The molecule has 0 N–H and O–H groups in total. The van der Waals surface area contributed by atoms with E-state index in [1.807, 2.05) is 30.3 Å². The summed E-state index contributed by atoms with van der Waals surface area (Å²) in [6.07, 6.45) is -1.26. The number of carbonyl (C=O) groups is 2. The van der Waals surface area contributed by atoms with E-state index >= 15 is 0 Å². The Morgan fingerprint density at radius 3 is 2.49 bits per heavy atom. The van der Waals surface area contributed by atoms with Crippen molar-refractivity contribution in [3.05, 3.63) is 93.6 Å². The predicted octanol–water partition coefficient (Wildman–Crippen LogP) is 5.54. The van der Waals surface area contributed by atoms with Crippen molar-refractivity contribution in [1.29, 1.82) is 0 Å². The molecule has 4 aromatic rings. The molecule has 0 saturated carbocycles. The predicted molar refractivity (Wildman–Crippen MR) is 145 cm³/mol. The molecule has 8 nitrogen and oxygen atoms in total. The smallest absolute Gasteiger partial charge is 0.209 e. The molecule has 2 aromatic heterocycles. The Balaban J connectivity index is 1.25. The summed E-state index contributed by atoms with van der Waals surface area (Å²) in [4.78, 5) is 28.1. The third-order valence-electron chi connectivity index (χ3n) is 6.77. The highest BCUT2D eigenvalue weighted by molar-refractivity contribution is 7.19. The summed E-state index contributed by atoms with van der Waals surface area (Å²) < 4.78 is 31.3. The molecule has 39 heavy (non-hydrogen) atoms. The molecular weight excluding hydrogens is 542 g/mol. The molecule has 0 aliphatic carbocycles. The number of rotatable bonds is 8. The second-order valence-electron chi connectivity index (χ2n) is 9.87. The first-order valence-corrected chi connectivity index (χ1v) is 13.6. The number of benzene rings is 2. The van der Waals surface area contributed by atoms with Crippen LogP contribution < -0.4 is 4.74 Å². The van der Waals surface area contributed by atoms with Crippen molar-refractivity contribution in [1.82, 2.24) is 4.40 Å². The molecule has 2 aromatic carbocycles. The fourth-order valence-corrected chi connectivity index (χ4v) is 5.99. The van der Waals surface area contributed by atoms with E-state index in [1.54, 1.807) is 61.9 Å². The van der Waals surface area contributed by atoms with E-state index in [0.717, 1.165) is 16.1 Å². The second kappa shape index (κ2) is 10.2. The second-order valence-corrected chi connectivity index (χ2v) is 11.4. The quantitative estimate of drug-likeness (QED) is 0.258. The summed E-state index contributed by atoms with van der Waals surface area (Å²) in [5, 5.41) is 0.553. The molecule has 2 saturated heterocycles. The number of fused-ring (bicyclic) bond motifs is 2. The number of Topliss-reactive ketones (excluding diaryl/α,β-unsaturated/α-hetero) is 1. The van der Waals surface area contributed by atoms with Gasteiger partial charge in [0.05, 0.1) is 24.3 Å². The van der Waals surface area contributed by atoms with Gasteiger partial charge in [0.1, 0.15) is 22.8 Å². The average Bonchev–Trinajstić information content (AvgIpc) is 3.66. The third kappa shape index (κ3) is 5.02. The van der Waals surface area contributed by atoms with Gasteiger partial charge in [-0.25, -0.2) is 0 Å². The number of methoxy groups -OCH3 is 1. The zero-order chi connectivity index (χ0) is 27.3. The van der Waals surface area contributed by atoms with Gasteiger partial charge in [0.15, 0.2) is 18.2 Å². The van der Waals surface area contributed by atoms with Crippen LogP contribution in [0.3, 0.4) is 0 Å².